The molecule has 2 aliphatic rings. The summed E-state index contributed by atoms with van der Waals surface area (Å²) in [6.07, 6.45) is 2.74. The lowest BCUT2D eigenvalue weighted by Gasteiger charge is -2.34. The zero-order valence-electron chi connectivity index (χ0n) is 19.5. The highest BCUT2D eigenvalue weighted by molar-refractivity contribution is 7.89. The molecule has 34 heavy (non-hydrogen) atoms. The summed E-state index contributed by atoms with van der Waals surface area (Å²) < 4.78 is 54.3. The highest BCUT2D eigenvalue weighted by Crippen LogP contribution is 2.27. The number of hydrogen-bond donors (Lipinski definition) is 1. The number of nitrogens with zero attached hydrogens (tertiary/aromatic N) is 2. The fourth-order valence-corrected chi connectivity index (χ4v) is 7.92. The van der Waals surface area contributed by atoms with Gasteiger partial charge in [0.25, 0.3) is 5.91 Å². The van der Waals surface area contributed by atoms with Crippen molar-refractivity contribution >= 4 is 31.6 Å². The first-order chi connectivity index (χ1) is 16.1. The Balaban J connectivity index is 1.43. The van der Waals surface area contributed by atoms with E-state index in [9.17, 15) is 21.6 Å². The first-order valence-corrected chi connectivity index (χ1v) is 14.5. The molecule has 2 fully saturated rings. The predicted molar refractivity (Wildman–Crippen MR) is 131 cm³/mol. The second kappa shape index (κ2) is 9.77. The Morgan fingerprint density at radius 1 is 0.765 bits per heavy atom. The summed E-state index contributed by atoms with van der Waals surface area (Å²) in [5, 5.41) is 2.73. The molecule has 1 N–H and O–H groups in total. The Labute approximate surface area is 202 Å². The van der Waals surface area contributed by atoms with Crippen molar-refractivity contribution < 1.29 is 21.6 Å². The number of rotatable bonds is 6. The second-order valence-corrected chi connectivity index (χ2v) is 13.3. The normalized spacial score (nSPS) is 22.5. The van der Waals surface area contributed by atoms with E-state index in [0.717, 1.165) is 19.3 Å². The molecule has 2 heterocycles. The lowest BCUT2D eigenvalue weighted by Crippen LogP contribution is -2.42. The lowest BCUT2D eigenvalue weighted by atomic mass is 9.94. The molecule has 0 bridgehead atoms. The van der Waals surface area contributed by atoms with Crippen LogP contribution in [0.1, 0.15) is 43.5 Å². The van der Waals surface area contributed by atoms with Crippen molar-refractivity contribution in [2.75, 3.05) is 31.5 Å². The summed E-state index contributed by atoms with van der Waals surface area (Å²) in [7, 11) is -7.13. The maximum absolute atomic E-state index is 13.0. The van der Waals surface area contributed by atoms with Gasteiger partial charge in [-0.25, -0.2) is 16.8 Å². The number of carbonyl (C=O) groups is 1. The summed E-state index contributed by atoms with van der Waals surface area (Å²) in [6, 6.07) is 12.0. The van der Waals surface area contributed by atoms with Gasteiger partial charge in [-0.2, -0.15) is 8.61 Å². The highest BCUT2D eigenvalue weighted by Gasteiger charge is 2.32. The zero-order chi connectivity index (χ0) is 24.5. The van der Waals surface area contributed by atoms with Gasteiger partial charge in [0.05, 0.1) is 9.79 Å². The number of benzene rings is 2. The van der Waals surface area contributed by atoms with Gasteiger partial charge in [0, 0.05) is 37.4 Å². The minimum atomic E-state index is -3.61. The Kier molecular flexibility index (Phi) is 7.14. The monoisotopic (exact) mass is 505 g/mol. The SMILES string of the molecule is C[C@@H]1C[C@H](C)CN(S(=O)(=O)c2ccc(C(=O)Nc3ccc(S(=O)(=O)N4CCCC4)cc3)cc2)C1. The van der Waals surface area contributed by atoms with Gasteiger partial charge >= 0.3 is 0 Å². The molecule has 0 unspecified atom stereocenters. The predicted octanol–water partition coefficient (Wildman–Crippen LogP) is 3.39. The van der Waals surface area contributed by atoms with Crippen LogP contribution in [0.5, 0.6) is 0 Å². The van der Waals surface area contributed by atoms with Crippen LogP contribution in [0, 0.1) is 11.8 Å². The Morgan fingerprint density at radius 2 is 1.24 bits per heavy atom. The van der Waals surface area contributed by atoms with Crippen LogP contribution in [0.25, 0.3) is 0 Å². The van der Waals surface area contributed by atoms with Crippen LogP contribution in [-0.2, 0) is 20.0 Å². The van der Waals surface area contributed by atoms with Crippen LogP contribution in [0.2, 0.25) is 0 Å². The molecule has 8 nitrogen and oxygen atoms in total. The molecule has 10 heteroatoms. The molecule has 1 amide bonds. The average molecular weight is 506 g/mol. The van der Waals surface area contributed by atoms with E-state index < -0.39 is 26.0 Å². The number of nitrogens with one attached hydrogen (secondary N) is 1. The van der Waals surface area contributed by atoms with Crippen LogP contribution >= 0.6 is 0 Å². The highest BCUT2D eigenvalue weighted by atomic mass is 32.2. The van der Waals surface area contributed by atoms with E-state index in [-0.39, 0.29) is 9.79 Å². The average Bonchev–Trinajstić information content (AvgIpc) is 3.35. The van der Waals surface area contributed by atoms with E-state index in [2.05, 4.69) is 19.2 Å². The maximum atomic E-state index is 13.0. The molecule has 2 atom stereocenters. The van der Waals surface area contributed by atoms with Crippen molar-refractivity contribution in [2.24, 2.45) is 11.8 Å². The van der Waals surface area contributed by atoms with Crippen LogP contribution < -0.4 is 5.32 Å². The summed E-state index contributed by atoms with van der Waals surface area (Å²) in [6.45, 7) is 6.17. The Bertz CT molecular complexity index is 1230. The van der Waals surface area contributed by atoms with E-state index in [4.69, 9.17) is 0 Å². The molecule has 0 aromatic heterocycles. The lowest BCUT2D eigenvalue weighted by molar-refractivity contribution is 0.102. The molecule has 0 radical (unpaired) electrons. The molecule has 0 spiro atoms. The topological polar surface area (TPSA) is 104 Å². The van der Waals surface area contributed by atoms with Crippen molar-refractivity contribution in [3.8, 4) is 0 Å². The largest absolute Gasteiger partial charge is 0.322 e. The molecule has 4 rings (SSSR count). The third-order valence-electron chi connectivity index (χ3n) is 6.40. The number of carbonyl (C=O) groups excluding carboxylic acids is 1. The summed E-state index contributed by atoms with van der Waals surface area (Å²) >= 11 is 0. The van der Waals surface area contributed by atoms with Crippen LogP contribution in [0.4, 0.5) is 5.69 Å². The van der Waals surface area contributed by atoms with Gasteiger partial charge < -0.3 is 5.32 Å². The van der Waals surface area contributed by atoms with E-state index in [1.165, 1.54) is 45.0 Å². The standard InChI is InChI=1S/C24H31N3O5S2/c1-18-15-19(2)17-27(16-18)34(31,32)22-9-5-20(6-10-22)24(28)25-21-7-11-23(12-8-21)33(29,30)26-13-3-4-14-26/h5-12,18-19H,3-4,13-17H2,1-2H3,(H,25,28)/t18-,19+. The van der Waals surface area contributed by atoms with Crippen LogP contribution in [0.15, 0.2) is 58.3 Å². The van der Waals surface area contributed by atoms with E-state index in [0.29, 0.717) is 49.3 Å². The first-order valence-electron chi connectivity index (χ1n) is 11.6. The van der Waals surface area contributed by atoms with Gasteiger partial charge in [-0.1, -0.05) is 13.8 Å². The van der Waals surface area contributed by atoms with Crippen LogP contribution in [-0.4, -0.2) is 57.5 Å². The molecule has 0 aliphatic carbocycles. The Morgan fingerprint density at radius 3 is 1.76 bits per heavy atom. The van der Waals surface area contributed by atoms with Gasteiger partial charge in [0.2, 0.25) is 20.0 Å². The van der Waals surface area contributed by atoms with Crippen LogP contribution in [0.3, 0.4) is 0 Å². The second-order valence-electron chi connectivity index (χ2n) is 9.38. The number of hydrogen-bond acceptors (Lipinski definition) is 5. The summed E-state index contributed by atoms with van der Waals surface area (Å²) in [5.41, 5.74) is 0.770. The van der Waals surface area contributed by atoms with Crippen molar-refractivity contribution in [2.45, 2.75) is 42.9 Å². The van der Waals surface area contributed by atoms with Gasteiger partial charge in [0.1, 0.15) is 0 Å². The fraction of sp³-hybridized carbons (Fsp3) is 0.458. The molecule has 2 aliphatic heterocycles. The fourth-order valence-electron chi connectivity index (χ4n) is 4.72. The number of sulfonamides is 2. The van der Waals surface area contributed by atoms with Crippen molar-refractivity contribution in [1.29, 1.82) is 0 Å². The van der Waals surface area contributed by atoms with E-state index in [1.54, 1.807) is 12.1 Å². The van der Waals surface area contributed by atoms with Crippen molar-refractivity contribution in [3.63, 3.8) is 0 Å². The molecule has 2 aromatic rings. The van der Waals surface area contributed by atoms with Gasteiger partial charge in [-0.3, -0.25) is 4.79 Å². The third kappa shape index (κ3) is 5.19. The van der Waals surface area contributed by atoms with Crippen molar-refractivity contribution in [3.05, 3.63) is 54.1 Å². The van der Waals surface area contributed by atoms with Gasteiger partial charge in [-0.15, -0.1) is 0 Å². The zero-order valence-corrected chi connectivity index (χ0v) is 21.1. The number of anilines is 1. The molecule has 2 saturated heterocycles. The summed E-state index contributed by atoms with van der Waals surface area (Å²) in [4.78, 5) is 13.0. The smallest absolute Gasteiger partial charge is 0.255 e. The first kappa shape index (κ1) is 24.8. The molecule has 2 aromatic carbocycles. The molecule has 184 valence electrons. The maximum Gasteiger partial charge on any atom is 0.255 e. The Hall–Kier alpha value is -2.27. The van der Waals surface area contributed by atoms with Gasteiger partial charge in [0.15, 0.2) is 0 Å². The van der Waals surface area contributed by atoms with E-state index >= 15 is 0 Å². The molecular weight excluding hydrogens is 474 g/mol. The molecular formula is C24H31N3O5S2. The summed E-state index contributed by atoms with van der Waals surface area (Å²) in [5.74, 6) is 0.208. The quantitative estimate of drug-likeness (QED) is 0.648. The number of amides is 1. The van der Waals surface area contributed by atoms with E-state index in [1.807, 2.05) is 0 Å². The number of piperidine rings is 1. The molecule has 0 saturated carbocycles. The minimum Gasteiger partial charge on any atom is -0.322 e. The minimum absolute atomic E-state index is 0.168. The van der Waals surface area contributed by atoms with Gasteiger partial charge in [-0.05, 0) is 79.6 Å². The third-order valence-corrected chi connectivity index (χ3v) is 10.2. The van der Waals surface area contributed by atoms with Crippen molar-refractivity contribution in [1.82, 2.24) is 8.61 Å².